The number of piperazine rings is 1. The summed E-state index contributed by atoms with van der Waals surface area (Å²) in [6.07, 6.45) is 0.787. The SMILES string of the molecule is CC[C@@H]1CN(Cc2nnc(-c3ccc(C)cc3)o2)CCN1C[C@@H](C)O. The third-order valence-electron chi connectivity index (χ3n) is 4.78. The number of hydrogen-bond donors (Lipinski definition) is 1. The molecule has 1 aromatic heterocycles. The third-order valence-corrected chi connectivity index (χ3v) is 4.78. The molecule has 1 aliphatic rings. The molecule has 0 aliphatic carbocycles. The highest BCUT2D eigenvalue weighted by Gasteiger charge is 2.27. The number of aliphatic hydroxyl groups is 1. The summed E-state index contributed by atoms with van der Waals surface area (Å²) in [5, 5.41) is 18.1. The van der Waals surface area contributed by atoms with Gasteiger partial charge in [0.05, 0.1) is 12.6 Å². The van der Waals surface area contributed by atoms with E-state index in [1.165, 1.54) is 5.56 Å². The van der Waals surface area contributed by atoms with Crippen molar-refractivity contribution in [1.29, 1.82) is 0 Å². The molecule has 6 heteroatoms. The molecule has 1 aliphatic heterocycles. The van der Waals surface area contributed by atoms with Crippen LogP contribution in [0, 0.1) is 6.92 Å². The molecule has 25 heavy (non-hydrogen) atoms. The zero-order valence-corrected chi connectivity index (χ0v) is 15.4. The predicted octanol–water partition coefficient (Wildman–Crippen LogP) is 2.32. The highest BCUT2D eigenvalue weighted by molar-refractivity contribution is 5.52. The molecule has 1 saturated heterocycles. The molecular weight excluding hydrogens is 316 g/mol. The van der Waals surface area contributed by atoms with Gasteiger partial charge in [-0.3, -0.25) is 9.80 Å². The number of β-amino-alcohol motifs (C(OH)–C–C–N with tert-alkyl or cyclic N) is 1. The van der Waals surface area contributed by atoms with E-state index in [4.69, 9.17) is 4.42 Å². The monoisotopic (exact) mass is 344 g/mol. The summed E-state index contributed by atoms with van der Waals surface area (Å²) >= 11 is 0. The van der Waals surface area contributed by atoms with Crippen molar-refractivity contribution < 1.29 is 9.52 Å². The van der Waals surface area contributed by atoms with Crippen LogP contribution in [0.5, 0.6) is 0 Å². The molecule has 0 amide bonds. The van der Waals surface area contributed by atoms with Gasteiger partial charge in [0.2, 0.25) is 11.8 Å². The normalized spacial score (nSPS) is 20.7. The summed E-state index contributed by atoms with van der Waals surface area (Å²) in [6.45, 7) is 10.4. The van der Waals surface area contributed by atoms with Gasteiger partial charge in [0, 0.05) is 37.8 Å². The van der Waals surface area contributed by atoms with E-state index in [9.17, 15) is 5.11 Å². The van der Waals surface area contributed by atoms with Gasteiger partial charge in [-0.2, -0.15) is 0 Å². The van der Waals surface area contributed by atoms with Crippen LogP contribution < -0.4 is 0 Å². The van der Waals surface area contributed by atoms with Crippen molar-refractivity contribution in [3.63, 3.8) is 0 Å². The summed E-state index contributed by atoms with van der Waals surface area (Å²) in [5.74, 6) is 1.24. The molecule has 3 rings (SSSR count). The first-order valence-corrected chi connectivity index (χ1v) is 9.09. The number of aliphatic hydroxyl groups excluding tert-OH is 1. The number of aryl methyl sites for hydroxylation is 1. The lowest BCUT2D eigenvalue weighted by molar-refractivity contribution is 0.0309. The Morgan fingerprint density at radius 3 is 2.68 bits per heavy atom. The van der Waals surface area contributed by atoms with Crippen LogP contribution >= 0.6 is 0 Å². The van der Waals surface area contributed by atoms with E-state index in [2.05, 4.69) is 33.8 Å². The molecule has 2 atom stereocenters. The van der Waals surface area contributed by atoms with E-state index in [1.807, 2.05) is 31.2 Å². The summed E-state index contributed by atoms with van der Waals surface area (Å²) in [6, 6.07) is 8.57. The van der Waals surface area contributed by atoms with Gasteiger partial charge in [0.15, 0.2) is 0 Å². The second-order valence-electron chi connectivity index (χ2n) is 7.01. The van der Waals surface area contributed by atoms with E-state index in [0.717, 1.165) is 38.2 Å². The molecule has 0 spiro atoms. The first-order valence-electron chi connectivity index (χ1n) is 9.09. The Hall–Kier alpha value is -1.76. The lowest BCUT2D eigenvalue weighted by Gasteiger charge is -2.41. The second-order valence-corrected chi connectivity index (χ2v) is 7.01. The van der Waals surface area contributed by atoms with Crippen molar-refractivity contribution in [3.05, 3.63) is 35.7 Å². The maximum Gasteiger partial charge on any atom is 0.247 e. The minimum atomic E-state index is -0.284. The molecular formula is C19H28N4O2. The van der Waals surface area contributed by atoms with Gasteiger partial charge in [0.1, 0.15) is 0 Å². The van der Waals surface area contributed by atoms with Gasteiger partial charge in [-0.25, -0.2) is 0 Å². The maximum atomic E-state index is 9.66. The fraction of sp³-hybridized carbons (Fsp3) is 0.579. The molecule has 2 aromatic rings. The molecule has 0 bridgehead atoms. The van der Waals surface area contributed by atoms with Crippen LogP contribution in [-0.2, 0) is 6.54 Å². The molecule has 6 nitrogen and oxygen atoms in total. The fourth-order valence-corrected chi connectivity index (χ4v) is 3.39. The highest BCUT2D eigenvalue weighted by Crippen LogP contribution is 2.20. The zero-order valence-electron chi connectivity index (χ0n) is 15.4. The van der Waals surface area contributed by atoms with Gasteiger partial charge < -0.3 is 9.52 Å². The van der Waals surface area contributed by atoms with Gasteiger partial charge in [-0.15, -0.1) is 10.2 Å². The third kappa shape index (κ3) is 4.66. The molecule has 0 radical (unpaired) electrons. The van der Waals surface area contributed by atoms with E-state index in [0.29, 0.717) is 24.4 Å². The number of nitrogens with zero attached hydrogens (tertiary/aromatic N) is 4. The molecule has 1 aromatic carbocycles. The Balaban J connectivity index is 1.61. The number of aromatic nitrogens is 2. The van der Waals surface area contributed by atoms with Gasteiger partial charge >= 0.3 is 0 Å². The smallest absolute Gasteiger partial charge is 0.247 e. The predicted molar refractivity (Wildman–Crippen MR) is 97.1 cm³/mol. The van der Waals surface area contributed by atoms with Crippen LogP contribution in [0.4, 0.5) is 0 Å². The molecule has 1 fully saturated rings. The topological polar surface area (TPSA) is 65.6 Å². The van der Waals surface area contributed by atoms with Crippen LogP contribution in [0.2, 0.25) is 0 Å². The van der Waals surface area contributed by atoms with Crippen LogP contribution in [0.25, 0.3) is 11.5 Å². The molecule has 2 heterocycles. The average Bonchev–Trinajstić information content (AvgIpc) is 3.05. The van der Waals surface area contributed by atoms with Gasteiger partial charge in [-0.05, 0) is 32.4 Å². The van der Waals surface area contributed by atoms with Gasteiger partial charge in [0.25, 0.3) is 0 Å². The number of rotatable bonds is 6. The van der Waals surface area contributed by atoms with E-state index in [-0.39, 0.29) is 6.10 Å². The summed E-state index contributed by atoms with van der Waals surface area (Å²) < 4.78 is 5.86. The largest absolute Gasteiger partial charge is 0.419 e. The summed E-state index contributed by atoms with van der Waals surface area (Å²) in [5.41, 5.74) is 2.17. The standard InChI is InChI=1S/C19H28N4O2/c1-4-17-12-22(9-10-23(17)11-15(3)24)13-18-20-21-19(25-18)16-7-5-14(2)6-8-16/h5-8,15,17,24H,4,9-13H2,1-3H3/t15-,17-/m1/s1. The summed E-state index contributed by atoms with van der Waals surface area (Å²) in [4.78, 5) is 4.74. The van der Waals surface area contributed by atoms with E-state index < -0.39 is 0 Å². The average molecular weight is 344 g/mol. The van der Waals surface area contributed by atoms with Crippen molar-refractivity contribution in [2.24, 2.45) is 0 Å². The van der Waals surface area contributed by atoms with E-state index in [1.54, 1.807) is 0 Å². The van der Waals surface area contributed by atoms with Crippen LogP contribution in [0.1, 0.15) is 31.7 Å². The molecule has 0 unspecified atom stereocenters. The minimum absolute atomic E-state index is 0.284. The Bertz CT molecular complexity index is 668. The van der Waals surface area contributed by atoms with E-state index >= 15 is 0 Å². The van der Waals surface area contributed by atoms with Gasteiger partial charge in [-0.1, -0.05) is 24.6 Å². The van der Waals surface area contributed by atoms with Crippen molar-refractivity contribution in [2.75, 3.05) is 26.2 Å². The maximum absolute atomic E-state index is 9.66. The van der Waals surface area contributed by atoms with Crippen LogP contribution in [0.3, 0.4) is 0 Å². The molecule has 1 N–H and O–H groups in total. The van der Waals surface area contributed by atoms with Crippen molar-refractivity contribution >= 4 is 0 Å². The quantitative estimate of drug-likeness (QED) is 0.867. The first kappa shape index (κ1) is 18.0. The van der Waals surface area contributed by atoms with Crippen molar-refractivity contribution in [3.8, 4) is 11.5 Å². The second kappa shape index (κ2) is 8.08. The Labute approximate surface area is 149 Å². The fourth-order valence-electron chi connectivity index (χ4n) is 3.39. The molecule has 0 saturated carbocycles. The molecule has 136 valence electrons. The minimum Gasteiger partial charge on any atom is -0.419 e. The number of benzene rings is 1. The first-order chi connectivity index (χ1) is 12.0. The van der Waals surface area contributed by atoms with Crippen molar-refractivity contribution in [1.82, 2.24) is 20.0 Å². The Morgan fingerprint density at radius 2 is 2.00 bits per heavy atom. The Kier molecular flexibility index (Phi) is 5.83. The van der Waals surface area contributed by atoms with Crippen LogP contribution in [-0.4, -0.2) is 63.4 Å². The highest BCUT2D eigenvalue weighted by atomic mass is 16.4. The van der Waals surface area contributed by atoms with Crippen molar-refractivity contribution in [2.45, 2.75) is 45.9 Å². The summed E-state index contributed by atoms with van der Waals surface area (Å²) in [7, 11) is 0. The van der Waals surface area contributed by atoms with Crippen LogP contribution in [0.15, 0.2) is 28.7 Å². The lowest BCUT2D eigenvalue weighted by Crippen LogP contribution is -2.54. The zero-order chi connectivity index (χ0) is 17.8. The Morgan fingerprint density at radius 1 is 1.24 bits per heavy atom. The number of hydrogen-bond acceptors (Lipinski definition) is 6. The lowest BCUT2D eigenvalue weighted by atomic mass is 10.1.